The molecule has 2 aromatic rings. The number of H-pyrrole nitrogens is 1. The van der Waals surface area contributed by atoms with Crippen LogP contribution in [0.1, 0.15) is 19.4 Å². The summed E-state index contributed by atoms with van der Waals surface area (Å²) in [7, 11) is 0. The van der Waals surface area contributed by atoms with Crippen LogP contribution in [0, 0.1) is 0 Å². The van der Waals surface area contributed by atoms with Crippen molar-refractivity contribution in [2.24, 2.45) is 5.73 Å². The van der Waals surface area contributed by atoms with Gasteiger partial charge in [0.05, 0.1) is 0 Å². The fourth-order valence-electron chi connectivity index (χ4n) is 1.68. The van der Waals surface area contributed by atoms with Crippen molar-refractivity contribution in [3.05, 3.63) is 34.4 Å². The van der Waals surface area contributed by atoms with Crippen LogP contribution in [0.5, 0.6) is 0 Å². The molecular weight excluding hydrogens is 240 g/mol. The van der Waals surface area contributed by atoms with Crippen molar-refractivity contribution in [2.45, 2.75) is 19.4 Å². The topological polar surface area (TPSA) is 41.8 Å². The Morgan fingerprint density at radius 1 is 1.36 bits per heavy atom. The quantitative estimate of drug-likeness (QED) is 0.805. The summed E-state index contributed by atoms with van der Waals surface area (Å²) in [5, 5.41) is 1.18. The Morgan fingerprint density at radius 3 is 2.71 bits per heavy atom. The molecule has 1 heterocycles. The summed E-state index contributed by atoms with van der Waals surface area (Å²) >= 11 is 3.52. The van der Waals surface area contributed by atoms with E-state index in [2.05, 4.69) is 33.0 Å². The molecule has 0 saturated heterocycles. The number of hydrogen-bond acceptors (Lipinski definition) is 1. The molecule has 0 aliphatic rings. The van der Waals surface area contributed by atoms with Crippen LogP contribution in [-0.4, -0.2) is 4.98 Å². The van der Waals surface area contributed by atoms with Crippen molar-refractivity contribution in [2.75, 3.05) is 0 Å². The van der Waals surface area contributed by atoms with Crippen LogP contribution < -0.4 is 5.73 Å². The number of aromatic amines is 1. The lowest BCUT2D eigenvalue weighted by Gasteiger charge is -2.20. The lowest BCUT2D eigenvalue weighted by Crippen LogP contribution is -2.28. The van der Waals surface area contributed by atoms with Crippen molar-refractivity contribution >= 4 is 26.8 Å². The standard InChI is InChI=1S/C11H13BrN2/c1-11(2,13)7-4-3-5-9-10(7)8(12)6-14-9/h3-6,14H,13H2,1-2H3. The molecular formula is C11H13BrN2. The SMILES string of the molecule is CC(C)(N)c1cccc2[nH]cc(Br)c12. The normalized spacial score (nSPS) is 12.3. The summed E-state index contributed by atoms with van der Waals surface area (Å²) in [6.07, 6.45) is 1.94. The Bertz CT molecular complexity index is 466. The predicted octanol–water partition coefficient (Wildman–Crippen LogP) is 3.12. The highest BCUT2D eigenvalue weighted by Gasteiger charge is 2.18. The smallest absolute Gasteiger partial charge is 0.0469 e. The minimum absolute atomic E-state index is 0.315. The van der Waals surface area contributed by atoms with Gasteiger partial charge in [0.2, 0.25) is 0 Å². The van der Waals surface area contributed by atoms with Gasteiger partial charge in [-0.05, 0) is 41.4 Å². The number of rotatable bonds is 1. The number of hydrogen-bond donors (Lipinski definition) is 2. The molecule has 74 valence electrons. The van der Waals surface area contributed by atoms with Crippen molar-refractivity contribution < 1.29 is 0 Å². The summed E-state index contributed by atoms with van der Waals surface area (Å²) in [4.78, 5) is 3.20. The lowest BCUT2D eigenvalue weighted by atomic mass is 9.93. The van der Waals surface area contributed by atoms with E-state index in [4.69, 9.17) is 5.73 Å². The van der Waals surface area contributed by atoms with E-state index in [1.54, 1.807) is 0 Å². The van der Waals surface area contributed by atoms with E-state index >= 15 is 0 Å². The van der Waals surface area contributed by atoms with Crippen LogP contribution >= 0.6 is 15.9 Å². The van der Waals surface area contributed by atoms with E-state index in [0.29, 0.717) is 0 Å². The number of fused-ring (bicyclic) bond motifs is 1. The van der Waals surface area contributed by atoms with Gasteiger partial charge in [-0.1, -0.05) is 12.1 Å². The average Bonchev–Trinajstić information content (AvgIpc) is 2.46. The second-order valence-corrected chi connectivity index (χ2v) is 4.94. The Kier molecular flexibility index (Phi) is 2.16. The van der Waals surface area contributed by atoms with Gasteiger partial charge in [-0.15, -0.1) is 0 Å². The fraction of sp³-hybridized carbons (Fsp3) is 0.273. The van der Waals surface area contributed by atoms with E-state index in [9.17, 15) is 0 Å². The van der Waals surface area contributed by atoms with Gasteiger partial charge in [0.25, 0.3) is 0 Å². The second kappa shape index (κ2) is 3.11. The van der Waals surface area contributed by atoms with Crippen LogP contribution in [0.15, 0.2) is 28.9 Å². The van der Waals surface area contributed by atoms with Crippen LogP contribution in [0.25, 0.3) is 10.9 Å². The molecule has 2 nitrogen and oxygen atoms in total. The zero-order valence-electron chi connectivity index (χ0n) is 8.26. The first-order valence-corrected chi connectivity index (χ1v) is 5.34. The molecule has 0 unspecified atom stereocenters. The van der Waals surface area contributed by atoms with E-state index in [-0.39, 0.29) is 5.54 Å². The van der Waals surface area contributed by atoms with Gasteiger partial charge >= 0.3 is 0 Å². The maximum atomic E-state index is 6.12. The molecule has 0 aliphatic carbocycles. The van der Waals surface area contributed by atoms with Crippen molar-refractivity contribution in [3.8, 4) is 0 Å². The molecule has 0 bridgehead atoms. The maximum Gasteiger partial charge on any atom is 0.0469 e. The van der Waals surface area contributed by atoms with E-state index < -0.39 is 0 Å². The molecule has 3 heteroatoms. The Morgan fingerprint density at radius 2 is 2.07 bits per heavy atom. The average molecular weight is 253 g/mol. The lowest BCUT2D eigenvalue weighted by molar-refractivity contribution is 0.559. The number of halogens is 1. The van der Waals surface area contributed by atoms with Gasteiger partial charge in [0.15, 0.2) is 0 Å². The van der Waals surface area contributed by atoms with Gasteiger partial charge in [-0.2, -0.15) is 0 Å². The Balaban J connectivity index is 2.82. The first-order valence-electron chi connectivity index (χ1n) is 4.55. The molecule has 0 atom stereocenters. The Hall–Kier alpha value is -0.800. The van der Waals surface area contributed by atoms with Crippen molar-refractivity contribution in [1.82, 2.24) is 4.98 Å². The van der Waals surface area contributed by atoms with Gasteiger partial charge in [0.1, 0.15) is 0 Å². The molecule has 0 spiro atoms. The summed E-state index contributed by atoms with van der Waals surface area (Å²) in [5.74, 6) is 0. The minimum atomic E-state index is -0.315. The van der Waals surface area contributed by atoms with Crippen LogP contribution in [0.2, 0.25) is 0 Å². The van der Waals surface area contributed by atoms with E-state index in [1.165, 1.54) is 5.39 Å². The van der Waals surface area contributed by atoms with Crippen molar-refractivity contribution in [1.29, 1.82) is 0 Å². The Labute approximate surface area is 91.6 Å². The van der Waals surface area contributed by atoms with Gasteiger partial charge in [-0.25, -0.2) is 0 Å². The third-order valence-corrected chi connectivity index (χ3v) is 2.98. The zero-order valence-corrected chi connectivity index (χ0v) is 9.85. The van der Waals surface area contributed by atoms with E-state index in [0.717, 1.165) is 15.6 Å². The first kappa shape index (κ1) is 9.74. The molecule has 0 saturated carbocycles. The highest BCUT2D eigenvalue weighted by Crippen LogP contribution is 2.31. The van der Waals surface area contributed by atoms with Crippen LogP contribution in [-0.2, 0) is 5.54 Å². The van der Waals surface area contributed by atoms with Gasteiger partial charge in [-0.3, -0.25) is 0 Å². The maximum absolute atomic E-state index is 6.12. The summed E-state index contributed by atoms with van der Waals surface area (Å²) in [5.41, 5.74) is 8.08. The number of benzene rings is 1. The van der Waals surface area contributed by atoms with Gasteiger partial charge in [0, 0.05) is 27.1 Å². The van der Waals surface area contributed by atoms with E-state index in [1.807, 2.05) is 26.1 Å². The second-order valence-electron chi connectivity index (χ2n) is 4.09. The van der Waals surface area contributed by atoms with Crippen molar-refractivity contribution in [3.63, 3.8) is 0 Å². The zero-order chi connectivity index (χ0) is 10.3. The summed E-state index contributed by atoms with van der Waals surface area (Å²) in [6.45, 7) is 4.03. The fourth-order valence-corrected chi connectivity index (χ4v) is 2.22. The highest BCUT2D eigenvalue weighted by molar-refractivity contribution is 9.10. The largest absolute Gasteiger partial charge is 0.360 e. The molecule has 0 aliphatic heterocycles. The van der Waals surface area contributed by atoms with Crippen LogP contribution in [0.3, 0.4) is 0 Å². The molecule has 1 aromatic carbocycles. The molecule has 0 radical (unpaired) electrons. The molecule has 0 amide bonds. The minimum Gasteiger partial charge on any atom is -0.360 e. The molecule has 3 N–H and O–H groups in total. The molecule has 2 rings (SSSR count). The first-order chi connectivity index (χ1) is 6.50. The molecule has 1 aromatic heterocycles. The third-order valence-electron chi connectivity index (χ3n) is 2.35. The van der Waals surface area contributed by atoms with Crippen LogP contribution in [0.4, 0.5) is 0 Å². The summed E-state index contributed by atoms with van der Waals surface area (Å²) < 4.78 is 1.07. The predicted molar refractivity (Wildman–Crippen MR) is 63.2 cm³/mol. The summed E-state index contributed by atoms with van der Waals surface area (Å²) in [6, 6.07) is 6.14. The number of nitrogens with one attached hydrogen (secondary N) is 1. The monoisotopic (exact) mass is 252 g/mol. The highest BCUT2D eigenvalue weighted by atomic mass is 79.9. The number of nitrogens with two attached hydrogens (primary N) is 1. The molecule has 14 heavy (non-hydrogen) atoms. The van der Waals surface area contributed by atoms with Gasteiger partial charge < -0.3 is 10.7 Å². The third kappa shape index (κ3) is 1.47. The number of aromatic nitrogens is 1. The molecule has 0 fully saturated rings.